The molecular weight excluding hydrogens is 360 g/mol. The molecule has 4 nitrogen and oxygen atoms in total. The summed E-state index contributed by atoms with van der Waals surface area (Å²) >= 11 is 0. The van der Waals surface area contributed by atoms with Crippen LogP contribution in [-0.4, -0.2) is 29.3 Å². The Labute approximate surface area is 170 Å². The molecule has 144 valence electrons. The number of anilines is 1. The minimum absolute atomic E-state index is 0.0000378. The van der Waals surface area contributed by atoms with E-state index in [0.717, 1.165) is 23.2 Å². The predicted molar refractivity (Wildman–Crippen MR) is 113 cm³/mol. The van der Waals surface area contributed by atoms with E-state index in [9.17, 15) is 9.59 Å². The third kappa shape index (κ3) is 3.11. The van der Waals surface area contributed by atoms with Crippen LogP contribution in [0.3, 0.4) is 0 Å². The third-order valence-corrected chi connectivity index (χ3v) is 5.94. The molecule has 29 heavy (non-hydrogen) atoms. The maximum Gasteiger partial charge on any atom is 0.255 e. The van der Waals surface area contributed by atoms with Gasteiger partial charge in [0.2, 0.25) is 5.91 Å². The van der Waals surface area contributed by atoms with Crippen LogP contribution in [-0.2, 0) is 24.2 Å². The number of fused-ring (bicyclic) bond motifs is 2. The van der Waals surface area contributed by atoms with E-state index in [-0.39, 0.29) is 11.8 Å². The van der Waals surface area contributed by atoms with E-state index in [1.165, 1.54) is 5.56 Å². The highest BCUT2D eigenvalue weighted by Crippen LogP contribution is 2.31. The molecule has 0 radical (unpaired) electrons. The molecule has 0 saturated heterocycles. The minimum Gasteiger partial charge on any atom is -0.322 e. The van der Waals surface area contributed by atoms with Gasteiger partial charge in [-0.25, -0.2) is 0 Å². The molecule has 0 spiro atoms. The largest absolute Gasteiger partial charge is 0.322 e. The van der Waals surface area contributed by atoms with Crippen molar-refractivity contribution >= 4 is 17.5 Å². The lowest BCUT2D eigenvalue weighted by atomic mass is 10.0. The fourth-order valence-corrected chi connectivity index (χ4v) is 4.44. The molecule has 4 heteroatoms. The van der Waals surface area contributed by atoms with Crippen molar-refractivity contribution in [1.82, 2.24) is 4.90 Å². The molecule has 0 aliphatic carbocycles. The van der Waals surface area contributed by atoms with Crippen molar-refractivity contribution in [3.63, 3.8) is 0 Å². The summed E-state index contributed by atoms with van der Waals surface area (Å²) in [5.74, 6) is -0.0534. The number of nitrogens with zero attached hydrogens (tertiary/aromatic N) is 2. The maximum absolute atomic E-state index is 13.7. The van der Waals surface area contributed by atoms with Gasteiger partial charge in [-0.1, -0.05) is 66.7 Å². The second-order valence-electron chi connectivity index (χ2n) is 7.66. The number of benzene rings is 3. The zero-order valence-electron chi connectivity index (χ0n) is 16.1. The average molecular weight is 382 g/mol. The Bertz CT molecular complexity index is 1080. The molecule has 5 rings (SSSR count). The first-order valence-corrected chi connectivity index (χ1v) is 10.0. The van der Waals surface area contributed by atoms with Crippen LogP contribution in [0.2, 0.25) is 0 Å². The van der Waals surface area contributed by atoms with Crippen LogP contribution >= 0.6 is 0 Å². The van der Waals surface area contributed by atoms with E-state index in [1.807, 2.05) is 77.7 Å². The molecule has 2 aliphatic rings. The summed E-state index contributed by atoms with van der Waals surface area (Å²) in [6, 6.07) is 25.1. The van der Waals surface area contributed by atoms with Crippen LogP contribution in [0.15, 0.2) is 78.9 Å². The van der Waals surface area contributed by atoms with Crippen LogP contribution in [0.4, 0.5) is 5.69 Å². The molecule has 0 saturated carbocycles. The lowest BCUT2D eigenvalue weighted by Gasteiger charge is -2.31. The van der Waals surface area contributed by atoms with E-state index in [1.54, 1.807) is 4.90 Å². The van der Waals surface area contributed by atoms with Gasteiger partial charge >= 0.3 is 0 Å². The number of carbonyl (C=O) groups is 2. The molecule has 1 unspecified atom stereocenters. The Balaban J connectivity index is 1.50. The van der Waals surface area contributed by atoms with E-state index >= 15 is 0 Å². The van der Waals surface area contributed by atoms with E-state index in [0.29, 0.717) is 25.1 Å². The monoisotopic (exact) mass is 382 g/mol. The van der Waals surface area contributed by atoms with E-state index in [4.69, 9.17) is 0 Å². The number of hydrogen-bond donors (Lipinski definition) is 0. The second kappa shape index (κ2) is 7.21. The van der Waals surface area contributed by atoms with Crippen LogP contribution in [0.1, 0.15) is 27.0 Å². The molecule has 2 aliphatic heterocycles. The summed E-state index contributed by atoms with van der Waals surface area (Å²) < 4.78 is 0. The van der Waals surface area contributed by atoms with Gasteiger partial charge in [0, 0.05) is 30.8 Å². The number of hydrogen-bond acceptors (Lipinski definition) is 2. The lowest BCUT2D eigenvalue weighted by Crippen LogP contribution is -2.49. The number of para-hydroxylation sites is 1. The minimum atomic E-state index is -0.525. The van der Waals surface area contributed by atoms with Gasteiger partial charge in [0.15, 0.2) is 0 Å². The Morgan fingerprint density at radius 2 is 1.55 bits per heavy atom. The molecule has 3 aromatic carbocycles. The van der Waals surface area contributed by atoms with Gasteiger partial charge < -0.3 is 9.80 Å². The Kier molecular flexibility index (Phi) is 4.39. The first-order valence-electron chi connectivity index (χ1n) is 10.0. The highest BCUT2D eigenvalue weighted by molar-refractivity contribution is 6.05. The zero-order chi connectivity index (χ0) is 19.8. The first-order chi connectivity index (χ1) is 14.2. The van der Waals surface area contributed by atoms with E-state index < -0.39 is 6.04 Å². The first kappa shape index (κ1) is 17.7. The third-order valence-electron chi connectivity index (χ3n) is 5.94. The Hall–Kier alpha value is -3.40. The number of rotatable bonds is 4. The molecule has 0 aromatic heterocycles. The van der Waals surface area contributed by atoms with Crippen molar-refractivity contribution in [3.8, 4) is 0 Å². The summed E-state index contributed by atoms with van der Waals surface area (Å²) in [4.78, 5) is 30.5. The molecule has 2 heterocycles. The average Bonchev–Trinajstić information content (AvgIpc) is 3.34. The standard InChI is InChI=1S/C25H22N2O2/c28-24-21-12-6-4-11-20(21)17-27(24)23(16-18-8-2-1-3-9-18)25(29)26-15-14-19-10-5-7-13-22(19)26/h1-13,23H,14-17H2. The number of carbonyl (C=O) groups excluding carboxylic acids is 2. The van der Waals surface area contributed by atoms with Crippen LogP contribution < -0.4 is 4.90 Å². The van der Waals surface area contributed by atoms with Gasteiger partial charge in [0.05, 0.1) is 0 Å². The molecule has 2 amide bonds. The molecule has 0 N–H and O–H groups in total. The van der Waals surface area contributed by atoms with Crippen LogP contribution in [0.25, 0.3) is 0 Å². The summed E-state index contributed by atoms with van der Waals surface area (Å²) in [6.07, 6.45) is 1.37. The van der Waals surface area contributed by atoms with Gasteiger partial charge in [0.25, 0.3) is 5.91 Å². The van der Waals surface area contributed by atoms with Crippen molar-refractivity contribution in [2.24, 2.45) is 0 Å². The van der Waals surface area contributed by atoms with Crippen molar-refractivity contribution in [2.45, 2.75) is 25.4 Å². The normalized spacial score (nSPS) is 15.9. The summed E-state index contributed by atoms with van der Waals surface area (Å²) in [5, 5.41) is 0. The highest BCUT2D eigenvalue weighted by atomic mass is 16.2. The summed E-state index contributed by atoms with van der Waals surface area (Å²) in [5.41, 5.74) is 4.92. The summed E-state index contributed by atoms with van der Waals surface area (Å²) in [6.45, 7) is 1.15. The second-order valence-corrected chi connectivity index (χ2v) is 7.66. The number of amides is 2. The molecule has 1 atom stereocenters. The molecule has 3 aromatic rings. The predicted octanol–water partition coefficient (Wildman–Crippen LogP) is 3.84. The van der Waals surface area contributed by atoms with Gasteiger partial charge in [0.1, 0.15) is 6.04 Å². The quantitative estimate of drug-likeness (QED) is 0.688. The van der Waals surface area contributed by atoms with Gasteiger partial charge in [-0.05, 0) is 35.2 Å². The van der Waals surface area contributed by atoms with E-state index in [2.05, 4.69) is 6.07 Å². The van der Waals surface area contributed by atoms with Crippen molar-refractivity contribution < 1.29 is 9.59 Å². The molecular formula is C25H22N2O2. The zero-order valence-corrected chi connectivity index (χ0v) is 16.1. The maximum atomic E-state index is 13.7. The Morgan fingerprint density at radius 3 is 2.34 bits per heavy atom. The molecule has 0 bridgehead atoms. The fourth-order valence-electron chi connectivity index (χ4n) is 4.44. The SMILES string of the molecule is O=C(C(Cc1ccccc1)N1Cc2ccccc2C1=O)N1CCc2ccccc21. The topological polar surface area (TPSA) is 40.6 Å². The fraction of sp³-hybridized carbons (Fsp3) is 0.200. The smallest absolute Gasteiger partial charge is 0.255 e. The summed E-state index contributed by atoms with van der Waals surface area (Å²) in [7, 11) is 0. The van der Waals surface area contributed by atoms with Crippen molar-refractivity contribution in [1.29, 1.82) is 0 Å². The van der Waals surface area contributed by atoms with Crippen molar-refractivity contribution in [3.05, 3.63) is 101 Å². The van der Waals surface area contributed by atoms with Crippen molar-refractivity contribution in [2.75, 3.05) is 11.4 Å². The Morgan fingerprint density at radius 1 is 0.862 bits per heavy atom. The molecule has 0 fully saturated rings. The lowest BCUT2D eigenvalue weighted by molar-refractivity contribution is -0.123. The van der Waals surface area contributed by atoms with Gasteiger partial charge in [-0.3, -0.25) is 9.59 Å². The van der Waals surface area contributed by atoms with Gasteiger partial charge in [-0.2, -0.15) is 0 Å². The van der Waals surface area contributed by atoms with Crippen LogP contribution in [0.5, 0.6) is 0 Å². The van der Waals surface area contributed by atoms with Gasteiger partial charge in [-0.15, -0.1) is 0 Å². The highest BCUT2D eigenvalue weighted by Gasteiger charge is 2.39. The van der Waals surface area contributed by atoms with Crippen LogP contribution in [0, 0.1) is 0 Å².